The summed E-state index contributed by atoms with van der Waals surface area (Å²) in [5.41, 5.74) is 3.56. The van der Waals surface area contributed by atoms with Crippen LogP contribution in [0.2, 0.25) is 0 Å². The standard InChI is InChI=1S/C25H17N3O2/c29-21(14-15-22-26-19-12-6-7-13-20(19)27-22)24-23(16-8-2-1-3-9-16)17-10-4-5-11-18(17)28-25(24)30/h1-15H,(H,26,27)(H,28,30). The van der Waals surface area contributed by atoms with Crippen molar-refractivity contribution in [3.8, 4) is 11.1 Å². The summed E-state index contributed by atoms with van der Waals surface area (Å²) in [6.45, 7) is 0. The molecule has 0 atom stereocenters. The molecule has 30 heavy (non-hydrogen) atoms. The number of hydrogen-bond acceptors (Lipinski definition) is 3. The molecule has 0 saturated carbocycles. The summed E-state index contributed by atoms with van der Waals surface area (Å²) in [7, 11) is 0. The van der Waals surface area contributed by atoms with Crippen molar-refractivity contribution in [2.75, 3.05) is 0 Å². The summed E-state index contributed by atoms with van der Waals surface area (Å²) >= 11 is 0. The molecule has 0 saturated heterocycles. The number of nitrogens with zero attached hydrogens (tertiary/aromatic N) is 1. The molecule has 0 aliphatic rings. The van der Waals surface area contributed by atoms with Crippen LogP contribution < -0.4 is 5.56 Å². The first kappa shape index (κ1) is 17.8. The average molecular weight is 391 g/mol. The lowest BCUT2D eigenvalue weighted by molar-refractivity contribution is 0.104. The number of rotatable bonds is 4. The molecule has 5 aromatic rings. The maximum atomic E-state index is 13.1. The summed E-state index contributed by atoms with van der Waals surface area (Å²) in [5.74, 6) is 0.185. The maximum absolute atomic E-state index is 13.1. The third-order valence-electron chi connectivity index (χ3n) is 5.03. The topological polar surface area (TPSA) is 78.6 Å². The fourth-order valence-electron chi connectivity index (χ4n) is 3.67. The third kappa shape index (κ3) is 3.12. The number of fused-ring (bicyclic) bond motifs is 2. The highest BCUT2D eigenvalue weighted by Crippen LogP contribution is 2.29. The van der Waals surface area contributed by atoms with Crippen molar-refractivity contribution in [2.45, 2.75) is 0 Å². The van der Waals surface area contributed by atoms with Crippen LogP contribution in [0, 0.1) is 0 Å². The molecule has 5 heteroatoms. The van der Waals surface area contributed by atoms with E-state index in [9.17, 15) is 9.59 Å². The van der Waals surface area contributed by atoms with E-state index < -0.39 is 5.56 Å². The second kappa shape index (κ2) is 7.29. The van der Waals surface area contributed by atoms with Crippen LogP contribution in [0.25, 0.3) is 39.1 Å². The third-order valence-corrected chi connectivity index (χ3v) is 5.03. The molecule has 0 spiro atoms. The summed E-state index contributed by atoms with van der Waals surface area (Å²) in [6.07, 6.45) is 3.00. The van der Waals surface area contributed by atoms with Gasteiger partial charge in [0.25, 0.3) is 5.56 Å². The van der Waals surface area contributed by atoms with Crippen LogP contribution in [0.1, 0.15) is 16.2 Å². The van der Waals surface area contributed by atoms with Gasteiger partial charge >= 0.3 is 0 Å². The van der Waals surface area contributed by atoms with E-state index in [0.29, 0.717) is 16.9 Å². The van der Waals surface area contributed by atoms with Crippen LogP contribution in [0.4, 0.5) is 0 Å². The monoisotopic (exact) mass is 391 g/mol. The van der Waals surface area contributed by atoms with Crippen molar-refractivity contribution in [1.82, 2.24) is 15.0 Å². The van der Waals surface area contributed by atoms with E-state index in [2.05, 4.69) is 15.0 Å². The van der Waals surface area contributed by atoms with Crippen molar-refractivity contribution in [3.63, 3.8) is 0 Å². The van der Waals surface area contributed by atoms with Crippen molar-refractivity contribution in [3.05, 3.63) is 107 Å². The van der Waals surface area contributed by atoms with Crippen LogP contribution in [-0.4, -0.2) is 20.7 Å². The zero-order valence-corrected chi connectivity index (χ0v) is 15.9. The number of benzene rings is 3. The second-order valence-electron chi connectivity index (χ2n) is 6.95. The van der Waals surface area contributed by atoms with Gasteiger partial charge in [0.15, 0.2) is 5.78 Å². The van der Waals surface area contributed by atoms with Crippen LogP contribution in [-0.2, 0) is 0 Å². The summed E-state index contributed by atoms with van der Waals surface area (Å²) in [4.78, 5) is 36.5. The number of carbonyl (C=O) groups excluding carboxylic acids is 1. The Morgan fingerprint density at radius 2 is 1.50 bits per heavy atom. The van der Waals surface area contributed by atoms with Crippen molar-refractivity contribution < 1.29 is 4.79 Å². The van der Waals surface area contributed by atoms with Gasteiger partial charge in [-0.2, -0.15) is 0 Å². The van der Waals surface area contributed by atoms with Crippen LogP contribution in [0.5, 0.6) is 0 Å². The fraction of sp³-hybridized carbons (Fsp3) is 0. The van der Waals surface area contributed by atoms with Gasteiger partial charge in [-0.05, 0) is 35.9 Å². The van der Waals surface area contributed by atoms with Crippen molar-refractivity contribution >= 4 is 33.8 Å². The number of H-pyrrole nitrogens is 2. The van der Waals surface area contributed by atoms with Crippen LogP contribution in [0.15, 0.2) is 89.7 Å². The first-order valence-electron chi connectivity index (χ1n) is 9.58. The van der Waals surface area contributed by atoms with E-state index in [0.717, 1.165) is 22.0 Å². The molecule has 5 rings (SSSR count). The van der Waals surface area contributed by atoms with Crippen molar-refractivity contribution in [2.24, 2.45) is 0 Å². The first-order chi connectivity index (χ1) is 14.7. The molecule has 0 fully saturated rings. The Morgan fingerprint density at radius 1 is 0.800 bits per heavy atom. The minimum atomic E-state index is -0.410. The van der Waals surface area contributed by atoms with E-state index in [1.165, 1.54) is 6.08 Å². The maximum Gasteiger partial charge on any atom is 0.260 e. The van der Waals surface area contributed by atoms with Gasteiger partial charge in [0.2, 0.25) is 0 Å². The number of para-hydroxylation sites is 3. The molecule has 2 N–H and O–H groups in total. The van der Waals surface area contributed by atoms with Crippen LogP contribution >= 0.6 is 0 Å². The highest BCUT2D eigenvalue weighted by molar-refractivity contribution is 6.15. The number of aromatic nitrogens is 3. The zero-order valence-electron chi connectivity index (χ0n) is 15.9. The Labute approximate surface area is 171 Å². The quantitative estimate of drug-likeness (QED) is 0.335. The molecule has 5 nitrogen and oxygen atoms in total. The highest BCUT2D eigenvalue weighted by Gasteiger charge is 2.19. The molecule has 2 aromatic heterocycles. The number of pyridine rings is 1. The number of aromatic amines is 2. The fourth-order valence-corrected chi connectivity index (χ4v) is 3.67. The molecule has 0 amide bonds. The van der Waals surface area contributed by atoms with Gasteiger partial charge in [0, 0.05) is 16.5 Å². The molecule has 0 bridgehead atoms. The summed E-state index contributed by atoms with van der Waals surface area (Å²) < 4.78 is 0. The van der Waals surface area contributed by atoms with Crippen LogP contribution in [0.3, 0.4) is 0 Å². The predicted octanol–water partition coefficient (Wildman–Crippen LogP) is 4.97. The molecule has 0 unspecified atom stereocenters. The Kier molecular flexibility index (Phi) is 4.33. The highest BCUT2D eigenvalue weighted by atomic mass is 16.1. The number of carbonyl (C=O) groups is 1. The Morgan fingerprint density at radius 3 is 2.30 bits per heavy atom. The normalized spacial score (nSPS) is 11.5. The average Bonchev–Trinajstić information content (AvgIpc) is 3.20. The van der Waals surface area contributed by atoms with E-state index >= 15 is 0 Å². The molecule has 0 aliphatic carbocycles. The van der Waals surface area contributed by atoms with Gasteiger partial charge in [-0.1, -0.05) is 60.7 Å². The van der Waals surface area contributed by atoms with Gasteiger partial charge < -0.3 is 9.97 Å². The SMILES string of the molecule is O=C(C=Cc1nc2ccccc2[nH]1)c1c(-c2ccccc2)c2ccccc2[nH]c1=O. The van der Waals surface area contributed by atoms with E-state index in [-0.39, 0.29) is 11.3 Å². The van der Waals surface area contributed by atoms with Gasteiger partial charge in [-0.15, -0.1) is 0 Å². The van der Waals surface area contributed by atoms with E-state index in [1.807, 2.05) is 78.9 Å². The molecule has 144 valence electrons. The smallest absolute Gasteiger partial charge is 0.260 e. The van der Waals surface area contributed by atoms with Gasteiger partial charge in [-0.3, -0.25) is 9.59 Å². The first-order valence-corrected chi connectivity index (χ1v) is 9.58. The lowest BCUT2D eigenvalue weighted by atomic mass is 9.94. The van der Waals surface area contributed by atoms with E-state index in [1.54, 1.807) is 6.08 Å². The van der Waals surface area contributed by atoms with Gasteiger partial charge in [0.1, 0.15) is 5.82 Å². The summed E-state index contributed by atoms with van der Waals surface area (Å²) in [6, 6.07) is 24.6. The molecule has 3 aromatic carbocycles. The number of nitrogens with one attached hydrogen (secondary N) is 2. The molecule has 2 heterocycles. The van der Waals surface area contributed by atoms with Crippen molar-refractivity contribution in [1.29, 1.82) is 0 Å². The predicted molar refractivity (Wildman–Crippen MR) is 119 cm³/mol. The molecular weight excluding hydrogens is 374 g/mol. The molecular formula is C25H17N3O2. The molecule has 0 aliphatic heterocycles. The Bertz CT molecular complexity index is 1440. The number of ketones is 1. The van der Waals surface area contributed by atoms with Gasteiger partial charge in [-0.25, -0.2) is 4.98 Å². The lowest BCUT2D eigenvalue weighted by Crippen LogP contribution is -2.18. The number of imidazole rings is 1. The Balaban J connectivity index is 1.65. The summed E-state index contributed by atoms with van der Waals surface area (Å²) in [5, 5.41) is 0.823. The largest absolute Gasteiger partial charge is 0.338 e. The van der Waals surface area contributed by atoms with E-state index in [4.69, 9.17) is 0 Å². The second-order valence-corrected chi connectivity index (χ2v) is 6.95. The zero-order chi connectivity index (χ0) is 20.5. The minimum absolute atomic E-state index is 0.118. The lowest BCUT2D eigenvalue weighted by Gasteiger charge is -2.11. The number of hydrogen-bond donors (Lipinski definition) is 2. The minimum Gasteiger partial charge on any atom is -0.338 e. The number of allylic oxidation sites excluding steroid dienone is 1. The van der Waals surface area contributed by atoms with Gasteiger partial charge in [0.05, 0.1) is 16.6 Å². The molecule has 0 radical (unpaired) electrons. The Hall–Kier alpha value is -4.25.